The Hall–Kier alpha value is -2.08. The lowest BCUT2D eigenvalue weighted by atomic mass is 9.88. The fourth-order valence-corrected chi connectivity index (χ4v) is 2.56. The number of urea groups is 1. The third-order valence-corrected chi connectivity index (χ3v) is 3.50. The van der Waals surface area contributed by atoms with Crippen LogP contribution in [0.15, 0.2) is 24.3 Å². The van der Waals surface area contributed by atoms with Gasteiger partial charge in [0.25, 0.3) is 0 Å². The molecule has 6 nitrogen and oxygen atoms in total. The molecular weight excluding hydrogens is 292 g/mol. The number of aliphatic hydroxyl groups excluding tert-OH is 1. The summed E-state index contributed by atoms with van der Waals surface area (Å²) in [7, 11) is 0. The Kier molecular flexibility index (Phi) is 5.60. The van der Waals surface area contributed by atoms with Crippen molar-refractivity contribution in [3.8, 4) is 0 Å². The number of nitrogens with one attached hydrogen (secondary N) is 3. The summed E-state index contributed by atoms with van der Waals surface area (Å²) in [6, 6.07) is 7.34. The van der Waals surface area contributed by atoms with Gasteiger partial charge in [-0.05, 0) is 24.0 Å². The number of hydrogen-bond acceptors (Lipinski definition) is 3. The van der Waals surface area contributed by atoms with Crippen LogP contribution >= 0.6 is 0 Å². The van der Waals surface area contributed by atoms with Gasteiger partial charge >= 0.3 is 6.03 Å². The van der Waals surface area contributed by atoms with Gasteiger partial charge in [0.15, 0.2) is 0 Å². The number of aliphatic hydroxyl groups is 1. The van der Waals surface area contributed by atoms with E-state index in [1.165, 1.54) is 0 Å². The summed E-state index contributed by atoms with van der Waals surface area (Å²) in [4.78, 5) is 19.6. The van der Waals surface area contributed by atoms with Gasteiger partial charge < -0.3 is 20.7 Å². The molecule has 0 aliphatic rings. The molecule has 6 heteroatoms. The standard InChI is InChI=1S/C17H26N4O2/c1-17(2,3)10-12(11-22)19-16(23)18-9-8-15-20-13-6-4-5-7-14(13)21-15/h4-7,12,22H,8-11H2,1-3H3,(H,20,21)(H2,18,19,23). The molecule has 1 aromatic carbocycles. The van der Waals surface area contributed by atoms with Crippen molar-refractivity contribution in [3.63, 3.8) is 0 Å². The molecule has 126 valence electrons. The minimum atomic E-state index is -0.260. The Morgan fingerprint density at radius 2 is 2.09 bits per heavy atom. The van der Waals surface area contributed by atoms with Gasteiger partial charge in [-0.2, -0.15) is 0 Å². The molecule has 2 amide bonds. The largest absolute Gasteiger partial charge is 0.394 e. The second kappa shape index (κ2) is 7.46. The van der Waals surface area contributed by atoms with Gasteiger partial charge in [0.1, 0.15) is 5.82 Å². The van der Waals surface area contributed by atoms with Crippen molar-refractivity contribution in [2.24, 2.45) is 5.41 Å². The van der Waals surface area contributed by atoms with Crippen molar-refractivity contribution in [1.29, 1.82) is 0 Å². The van der Waals surface area contributed by atoms with Crippen LogP contribution in [0.1, 0.15) is 33.0 Å². The third-order valence-electron chi connectivity index (χ3n) is 3.50. The van der Waals surface area contributed by atoms with Gasteiger partial charge in [0.05, 0.1) is 23.7 Å². The maximum Gasteiger partial charge on any atom is 0.315 e. The number of benzene rings is 1. The van der Waals surface area contributed by atoms with Crippen LogP contribution in [0.25, 0.3) is 11.0 Å². The van der Waals surface area contributed by atoms with E-state index < -0.39 is 0 Å². The minimum Gasteiger partial charge on any atom is -0.394 e. The Labute approximate surface area is 136 Å². The van der Waals surface area contributed by atoms with E-state index in [4.69, 9.17) is 0 Å². The molecule has 0 bridgehead atoms. The van der Waals surface area contributed by atoms with Crippen LogP contribution in [0.2, 0.25) is 0 Å². The van der Waals surface area contributed by atoms with E-state index in [1.54, 1.807) is 0 Å². The maximum atomic E-state index is 11.9. The van der Waals surface area contributed by atoms with Gasteiger partial charge in [-0.3, -0.25) is 0 Å². The Morgan fingerprint density at radius 3 is 2.74 bits per heavy atom. The van der Waals surface area contributed by atoms with E-state index in [9.17, 15) is 9.90 Å². The lowest BCUT2D eigenvalue weighted by molar-refractivity contribution is 0.191. The molecule has 1 unspecified atom stereocenters. The van der Waals surface area contributed by atoms with Gasteiger partial charge in [-0.15, -0.1) is 0 Å². The first-order valence-corrected chi connectivity index (χ1v) is 7.96. The molecule has 1 atom stereocenters. The third kappa shape index (κ3) is 5.56. The van der Waals surface area contributed by atoms with E-state index in [-0.39, 0.29) is 24.1 Å². The molecule has 1 heterocycles. The Bertz CT molecular complexity index is 612. The number of nitrogens with zero attached hydrogens (tertiary/aromatic N) is 1. The zero-order valence-electron chi connectivity index (χ0n) is 14.0. The fourth-order valence-electron chi connectivity index (χ4n) is 2.56. The number of aromatic amines is 1. The summed E-state index contributed by atoms with van der Waals surface area (Å²) < 4.78 is 0. The number of amides is 2. The number of carbonyl (C=O) groups excluding carboxylic acids is 1. The molecule has 0 saturated carbocycles. The highest BCUT2D eigenvalue weighted by Gasteiger charge is 2.19. The van der Waals surface area contributed by atoms with Crippen molar-refractivity contribution in [2.45, 2.75) is 39.7 Å². The van der Waals surface area contributed by atoms with Crippen LogP contribution in [0.5, 0.6) is 0 Å². The molecule has 4 N–H and O–H groups in total. The van der Waals surface area contributed by atoms with Crippen LogP contribution in [0, 0.1) is 5.41 Å². The Morgan fingerprint density at radius 1 is 1.35 bits per heavy atom. The molecule has 0 radical (unpaired) electrons. The number of imidazole rings is 1. The number of para-hydroxylation sites is 2. The fraction of sp³-hybridized carbons (Fsp3) is 0.529. The number of fused-ring (bicyclic) bond motifs is 1. The molecule has 0 saturated heterocycles. The summed E-state index contributed by atoms with van der Waals surface area (Å²) >= 11 is 0. The highest BCUT2D eigenvalue weighted by Crippen LogP contribution is 2.20. The maximum absolute atomic E-state index is 11.9. The normalized spacial score (nSPS) is 13.0. The summed E-state index contributed by atoms with van der Waals surface area (Å²) in [5.41, 5.74) is 1.98. The number of aromatic nitrogens is 2. The molecule has 0 fully saturated rings. The van der Waals surface area contributed by atoms with Crippen molar-refractivity contribution in [1.82, 2.24) is 20.6 Å². The van der Waals surface area contributed by atoms with E-state index in [0.29, 0.717) is 13.0 Å². The van der Waals surface area contributed by atoms with Crippen molar-refractivity contribution < 1.29 is 9.90 Å². The molecular formula is C17H26N4O2. The van der Waals surface area contributed by atoms with Crippen LogP contribution in [0.4, 0.5) is 4.79 Å². The number of rotatable bonds is 6. The minimum absolute atomic E-state index is 0.0505. The Balaban J connectivity index is 1.77. The molecule has 1 aromatic heterocycles. The van der Waals surface area contributed by atoms with Crippen molar-refractivity contribution >= 4 is 17.1 Å². The average Bonchev–Trinajstić information content (AvgIpc) is 2.87. The lowest BCUT2D eigenvalue weighted by Gasteiger charge is -2.25. The smallest absolute Gasteiger partial charge is 0.315 e. The second-order valence-corrected chi connectivity index (χ2v) is 7.00. The molecule has 2 aromatic rings. The van der Waals surface area contributed by atoms with E-state index in [2.05, 4.69) is 41.4 Å². The first-order chi connectivity index (χ1) is 10.9. The first kappa shape index (κ1) is 17.3. The predicted molar refractivity (Wildman–Crippen MR) is 91.3 cm³/mol. The van der Waals surface area contributed by atoms with Gasteiger partial charge in [-0.1, -0.05) is 32.9 Å². The van der Waals surface area contributed by atoms with Crippen LogP contribution in [-0.4, -0.2) is 40.3 Å². The number of carbonyl (C=O) groups is 1. The zero-order valence-corrected chi connectivity index (χ0v) is 14.0. The number of H-pyrrole nitrogens is 1. The van der Waals surface area contributed by atoms with E-state index >= 15 is 0 Å². The molecule has 0 aliphatic heterocycles. The summed E-state index contributed by atoms with van der Waals surface area (Å²) in [5.74, 6) is 0.847. The molecule has 0 aliphatic carbocycles. The number of hydrogen-bond donors (Lipinski definition) is 4. The average molecular weight is 318 g/mol. The van der Waals surface area contributed by atoms with Gasteiger partial charge in [0, 0.05) is 13.0 Å². The summed E-state index contributed by atoms with van der Waals surface area (Å²) in [6.07, 6.45) is 1.35. The van der Waals surface area contributed by atoms with Crippen LogP contribution in [-0.2, 0) is 6.42 Å². The quantitative estimate of drug-likeness (QED) is 0.658. The lowest BCUT2D eigenvalue weighted by Crippen LogP contribution is -2.45. The molecule has 23 heavy (non-hydrogen) atoms. The van der Waals surface area contributed by atoms with Crippen molar-refractivity contribution in [2.75, 3.05) is 13.2 Å². The first-order valence-electron chi connectivity index (χ1n) is 7.96. The zero-order chi connectivity index (χ0) is 16.9. The molecule has 0 spiro atoms. The van der Waals surface area contributed by atoms with Crippen LogP contribution in [0.3, 0.4) is 0 Å². The van der Waals surface area contributed by atoms with E-state index in [0.717, 1.165) is 23.3 Å². The summed E-state index contributed by atoms with van der Waals surface area (Å²) in [6.45, 7) is 6.66. The topological polar surface area (TPSA) is 90.0 Å². The SMILES string of the molecule is CC(C)(C)CC(CO)NC(=O)NCCc1nc2ccccc2[nH]1. The van der Waals surface area contributed by atoms with Gasteiger partial charge in [0.2, 0.25) is 0 Å². The van der Waals surface area contributed by atoms with Crippen molar-refractivity contribution in [3.05, 3.63) is 30.1 Å². The van der Waals surface area contributed by atoms with Gasteiger partial charge in [-0.25, -0.2) is 9.78 Å². The second-order valence-electron chi connectivity index (χ2n) is 7.00. The highest BCUT2D eigenvalue weighted by molar-refractivity contribution is 5.75. The summed E-state index contributed by atoms with van der Waals surface area (Å²) in [5, 5.41) is 15.0. The monoisotopic (exact) mass is 318 g/mol. The van der Waals surface area contributed by atoms with E-state index in [1.807, 2.05) is 24.3 Å². The molecule has 2 rings (SSSR count). The predicted octanol–water partition coefficient (Wildman–Crippen LogP) is 2.20. The van der Waals surface area contributed by atoms with Crippen LogP contribution < -0.4 is 10.6 Å². The highest BCUT2D eigenvalue weighted by atomic mass is 16.3.